The second kappa shape index (κ2) is 4.88. The highest BCUT2D eigenvalue weighted by Gasteiger charge is 2.22. The maximum atomic E-state index is 11.7. The van der Waals surface area contributed by atoms with Crippen LogP contribution in [0.25, 0.3) is 0 Å². The number of hydrogen-bond acceptors (Lipinski definition) is 2. The first-order valence-corrected chi connectivity index (χ1v) is 6.09. The topological polar surface area (TPSA) is 32.7 Å². The van der Waals surface area contributed by atoms with E-state index in [9.17, 15) is 4.79 Å². The second-order valence-corrected chi connectivity index (χ2v) is 4.64. The lowest BCUT2D eigenvalue weighted by Gasteiger charge is -2.12. The number of benzene rings is 1. The predicted molar refractivity (Wildman–Crippen MR) is 69.1 cm³/mol. The summed E-state index contributed by atoms with van der Waals surface area (Å²) in [5.41, 5.74) is 3.00. The van der Waals surface area contributed by atoms with Gasteiger partial charge in [0, 0.05) is 10.7 Å². The van der Waals surface area contributed by atoms with Crippen molar-refractivity contribution in [1.29, 1.82) is 0 Å². The number of rotatable bonds is 3. The van der Waals surface area contributed by atoms with Crippen LogP contribution in [0, 0.1) is 6.92 Å². The minimum atomic E-state index is 0.0681. The second-order valence-electron chi connectivity index (χ2n) is 4.23. The van der Waals surface area contributed by atoms with E-state index >= 15 is 0 Å². The highest BCUT2D eigenvalue weighted by molar-refractivity contribution is 6.31. The van der Waals surface area contributed by atoms with Gasteiger partial charge in [-0.15, -0.1) is 0 Å². The van der Waals surface area contributed by atoms with Crippen molar-refractivity contribution in [3.63, 3.8) is 0 Å². The minimum absolute atomic E-state index is 0.0681. The molecule has 2 rings (SSSR count). The summed E-state index contributed by atoms with van der Waals surface area (Å²) in [5, 5.41) is 6.55. The highest BCUT2D eigenvalue weighted by atomic mass is 35.5. The fourth-order valence-corrected chi connectivity index (χ4v) is 1.96. The van der Waals surface area contributed by atoms with E-state index in [0.29, 0.717) is 13.0 Å². The van der Waals surface area contributed by atoms with Gasteiger partial charge in [0.05, 0.1) is 13.0 Å². The molecule has 3 nitrogen and oxygen atoms in total. The van der Waals surface area contributed by atoms with Crippen molar-refractivity contribution in [1.82, 2.24) is 5.01 Å². The van der Waals surface area contributed by atoms with Gasteiger partial charge >= 0.3 is 0 Å². The van der Waals surface area contributed by atoms with Crippen molar-refractivity contribution in [2.45, 2.75) is 33.2 Å². The minimum Gasteiger partial charge on any atom is -0.273 e. The van der Waals surface area contributed by atoms with Crippen molar-refractivity contribution in [3.8, 4) is 0 Å². The largest absolute Gasteiger partial charge is 0.273 e. The highest BCUT2D eigenvalue weighted by Crippen LogP contribution is 2.20. The molecular weight excluding hydrogens is 236 g/mol. The molecule has 0 bridgehead atoms. The van der Waals surface area contributed by atoms with Crippen LogP contribution in [0.3, 0.4) is 0 Å². The number of hydrazone groups is 1. The smallest absolute Gasteiger partial charge is 0.248 e. The van der Waals surface area contributed by atoms with Crippen LogP contribution < -0.4 is 0 Å². The molecule has 0 N–H and O–H groups in total. The van der Waals surface area contributed by atoms with Gasteiger partial charge in [0.15, 0.2) is 0 Å². The van der Waals surface area contributed by atoms with Gasteiger partial charge in [-0.3, -0.25) is 4.79 Å². The average molecular weight is 251 g/mol. The van der Waals surface area contributed by atoms with Crippen molar-refractivity contribution in [2.24, 2.45) is 5.10 Å². The van der Waals surface area contributed by atoms with Crippen molar-refractivity contribution < 1.29 is 4.79 Å². The fourth-order valence-electron chi connectivity index (χ4n) is 1.75. The third-order valence-electron chi connectivity index (χ3n) is 2.88. The Hall–Kier alpha value is -1.35. The van der Waals surface area contributed by atoms with E-state index in [2.05, 4.69) is 5.10 Å². The third kappa shape index (κ3) is 2.67. The lowest BCUT2D eigenvalue weighted by atomic mass is 10.1. The molecule has 0 saturated heterocycles. The maximum absolute atomic E-state index is 11.7. The molecule has 1 heterocycles. The van der Waals surface area contributed by atoms with Crippen LogP contribution in [-0.4, -0.2) is 16.6 Å². The first-order valence-electron chi connectivity index (χ1n) is 5.72. The Labute approximate surface area is 106 Å². The first kappa shape index (κ1) is 12.1. The molecule has 1 aromatic rings. The van der Waals surface area contributed by atoms with Crippen LogP contribution >= 0.6 is 11.6 Å². The van der Waals surface area contributed by atoms with E-state index < -0.39 is 0 Å². The molecule has 4 heteroatoms. The zero-order valence-corrected chi connectivity index (χ0v) is 10.8. The summed E-state index contributed by atoms with van der Waals surface area (Å²) in [5.74, 6) is 0.0681. The molecular formula is C13H15ClN2O. The molecule has 0 unspecified atom stereocenters. The Bertz CT molecular complexity index is 482. The summed E-state index contributed by atoms with van der Waals surface area (Å²) in [4.78, 5) is 11.7. The van der Waals surface area contributed by atoms with E-state index in [1.807, 2.05) is 32.0 Å². The molecule has 1 aliphatic heterocycles. The molecule has 0 radical (unpaired) electrons. The Kier molecular flexibility index (Phi) is 3.48. The number of hydrogen-bond donors (Lipinski definition) is 0. The summed E-state index contributed by atoms with van der Waals surface area (Å²) in [6, 6.07) is 5.83. The molecule has 90 valence electrons. The molecule has 1 aromatic carbocycles. The zero-order valence-electron chi connectivity index (χ0n) is 10.0. The van der Waals surface area contributed by atoms with E-state index in [1.54, 1.807) is 0 Å². The van der Waals surface area contributed by atoms with Gasteiger partial charge in [0.2, 0.25) is 5.91 Å². The number of carbonyl (C=O) groups is 1. The summed E-state index contributed by atoms with van der Waals surface area (Å²) < 4.78 is 0. The van der Waals surface area contributed by atoms with Gasteiger partial charge in [-0.1, -0.05) is 30.7 Å². The van der Waals surface area contributed by atoms with E-state index in [-0.39, 0.29) is 5.91 Å². The Morgan fingerprint density at radius 3 is 2.82 bits per heavy atom. The molecule has 0 aliphatic carbocycles. The lowest BCUT2D eigenvalue weighted by Crippen LogP contribution is -2.20. The van der Waals surface area contributed by atoms with Gasteiger partial charge < -0.3 is 0 Å². The average Bonchev–Trinajstić information content (AvgIpc) is 2.65. The molecule has 0 saturated carbocycles. The molecule has 1 amide bonds. The first-order chi connectivity index (χ1) is 8.10. The van der Waals surface area contributed by atoms with Crippen LogP contribution in [0.5, 0.6) is 0 Å². The predicted octanol–water partition coefficient (Wildman–Crippen LogP) is 3.15. The normalized spacial score (nSPS) is 15.4. The summed E-state index contributed by atoms with van der Waals surface area (Å²) >= 11 is 6.05. The standard InChI is InChI=1S/C13H15ClN2O/c1-3-11-7-13(17)16(15-11)8-10-5-4-9(2)12(14)6-10/h4-6H,3,7-8H2,1-2H3. The summed E-state index contributed by atoms with van der Waals surface area (Å²) in [7, 11) is 0. The maximum Gasteiger partial charge on any atom is 0.248 e. The van der Waals surface area contributed by atoms with Gasteiger partial charge in [-0.25, -0.2) is 5.01 Å². The number of carbonyl (C=O) groups excluding carboxylic acids is 1. The number of nitrogens with zero attached hydrogens (tertiary/aromatic N) is 2. The van der Waals surface area contributed by atoms with Crippen LogP contribution in [0.1, 0.15) is 30.9 Å². The molecule has 0 fully saturated rings. The summed E-state index contributed by atoms with van der Waals surface area (Å²) in [6.45, 7) is 4.47. The van der Waals surface area contributed by atoms with Crippen molar-refractivity contribution in [3.05, 3.63) is 34.3 Å². The third-order valence-corrected chi connectivity index (χ3v) is 3.29. The SMILES string of the molecule is CCC1=NN(Cc2ccc(C)c(Cl)c2)C(=O)C1. The molecule has 0 atom stereocenters. The van der Waals surface area contributed by atoms with Crippen LogP contribution in [0.2, 0.25) is 5.02 Å². The van der Waals surface area contributed by atoms with Gasteiger partial charge in [0.1, 0.15) is 0 Å². The Morgan fingerprint density at radius 1 is 1.47 bits per heavy atom. The molecule has 0 aromatic heterocycles. The quantitative estimate of drug-likeness (QED) is 0.811. The Morgan fingerprint density at radius 2 is 2.24 bits per heavy atom. The molecule has 17 heavy (non-hydrogen) atoms. The zero-order chi connectivity index (χ0) is 12.4. The van der Waals surface area contributed by atoms with Crippen molar-refractivity contribution in [2.75, 3.05) is 0 Å². The lowest BCUT2D eigenvalue weighted by molar-refractivity contribution is -0.129. The Balaban J connectivity index is 2.13. The van der Waals surface area contributed by atoms with Gasteiger partial charge in [-0.2, -0.15) is 5.10 Å². The number of aryl methyl sites for hydroxylation is 1. The van der Waals surface area contributed by atoms with Gasteiger partial charge in [-0.05, 0) is 30.5 Å². The monoisotopic (exact) mass is 250 g/mol. The fraction of sp³-hybridized carbons (Fsp3) is 0.385. The van der Waals surface area contributed by atoms with Crippen LogP contribution in [0.15, 0.2) is 23.3 Å². The van der Waals surface area contributed by atoms with E-state index in [1.165, 1.54) is 5.01 Å². The molecule has 1 aliphatic rings. The van der Waals surface area contributed by atoms with E-state index in [4.69, 9.17) is 11.6 Å². The summed E-state index contributed by atoms with van der Waals surface area (Å²) in [6.07, 6.45) is 1.28. The van der Waals surface area contributed by atoms with Crippen molar-refractivity contribution >= 4 is 23.2 Å². The number of amides is 1. The van der Waals surface area contributed by atoms with Gasteiger partial charge in [0.25, 0.3) is 0 Å². The van der Waals surface area contributed by atoms with E-state index in [0.717, 1.165) is 28.3 Å². The van der Waals surface area contributed by atoms with Crippen LogP contribution in [-0.2, 0) is 11.3 Å². The van der Waals surface area contributed by atoms with Crippen LogP contribution in [0.4, 0.5) is 0 Å². The molecule has 0 spiro atoms. The number of halogens is 1.